The van der Waals surface area contributed by atoms with E-state index in [2.05, 4.69) is 91.0 Å². The Hall–Kier alpha value is -1.91. The number of hydrogen-bond donors (Lipinski definition) is 0. The van der Waals surface area contributed by atoms with Crippen LogP contribution in [-0.4, -0.2) is 0 Å². The molecule has 0 nitrogen and oxygen atoms in total. The van der Waals surface area contributed by atoms with E-state index in [0.29, 0.717) is 11.3 Å². The highest BCUT2D eigenvalue weighted by Crippen LogP contribution is 2.69. The van der Waals surface area contributed by atoms with Gasteiger partial charge in [0.2, 0.25) is 0 Å². The summed E-state index contributed by atoms with van der Waals surface area (Å²) in [6.07, 6.45) is 2.59. The molecule has 4 rings (SSSR count). The van der Waals surface area contributed by atoms with Gasteiger partial charge in [0.05, 0.1) is 0 Å². The van der Waals surface area contributed by atoms with Crippen LogP contribution in [0.1, 0.15) is 35.3 Å². The molecule has 3 atom stereocenters. The zero-order chi connectivity index (χ0) is 15.5. The van der Waals surface area contributed by atoms with Gasteiger partial charge in [-0.2, -0.15) is 0 Å². The fourth-order valence-corrected chi connectivity index (χ4v) is 7.29. The minimum atomic E-state index is -0.220. The Labute approximate surface area is 139 Å². The van der Waals surface area contributed by atoms with Crippen molar-refractivity contribution in [2.24, 2.45) is 0 Å². The first-order chi connectivity index (χ1) is 11.4. The molecule has 0 spiro atoms. The molecule has 0 bridgehead atoms. The average Bonchev–Trinajstić information content (AvgIpc) is 3.09. The molecule has 1 heterocycles. The Morgan fingerprint density at radius 3 is 1.35 bits per heavy atom. The second kappa shape index (κ2) is 6.69. The first-order valence-electron chi connectivity index (χ1n) is 8.37. The molecule has 3 aromatic rings. The lowest BCUT2D eigenvalue weighted by Gasteiger charge is -2.27. The van der Waals surface area contributed by atoms with Gasteiger partial charge in [0.1, 0.15) is 0 Å². The van der Waals surface area contributed by atoms with Crippen molar-refractivity contribution in [1.29, 1.82) is 0 Å². The molecule has 23 heavy (non-hydrogen) atoms. The molecule has 1 saturated heterocycles. The molecule has 0 N–H and O–H groups in total. The van der Waals surface area contributed by atoms with Gasteiger partial charge >= 0.3 is 0 Å². The summed E-state index contributed by atoms with van der Waals surface area (Å²) in [5, 5.41) is 1.54. The highest BCUT2D eigenvalue weighted by atomic mass is 31.1. The van der Waals surface area contributed by atoms with Crippen LogP contribution in [-0.2, 0) is 0 Å². The van der Waals surface area contributed by atoms with E-state index >= 15 is 0 Å². The fourth-order valence-electron chi connectivity index (χ4n) is 3.78. The standard InChI is InChI=1S/C22H21P/c1-4-10-18(11-5-1)21-16-17-22(19-12-6-2-7-13-19)23(21)20-14-8-3-9-15-20/h1-15,21-22H,16-17H2/t21-,22?,23?/m1/s1. The lowest BCUT2D eigenvalue weighted by Crippen LogP contribution is -2.07. The predicted octanol–water partition coefficient (Wildman–Crippen LogP) is 6.07. The summed E-state index contributed by atoms with van der Waals surface area (Å²) in [5.41, 5.74) is 4.39. The van der Waals surface area contributed by atoms with Gasteiger partial charge in [0, 0.05) is 11.3 Å². The van der Waals surface area contributed by atoms with E-state index in [-0.39, 0.29) is 7.92 Å². The summed E-state index contributed by atoms with van der Waals surface area (Å²) in [6.45, 7) is 0. The van der Waals surface area contributed by atoms with Crippen LogP contribution in [0.3, 0.4) is 0 Å². The lowest BCUT2D eigenvalue weighted by molar-refractivity contribution is 0.765. The minimum absolute atomic E-state index is 0.220. The maximum Gasteiger partial charge on any atom is 0.00877 e. The third-order valence-corrected chi connectivity index (χ3v) is 8.16. The van der Waals surface area contributed by atoms with Crippen LogP contribution in [0, 0.1) is 0 Å². The van der Waals surface area contributed by atoms with Crippen molar-refractivity contribution < 1.29 is 0 Å². The van der Waals surface area contributed by atoms with Crippen LogP contribution >= 0.6 is 7.92 Å². The summed E-state index contributed by atoms with van der Waals surface area (Å²) in [7, 11) is -0.220. The van der Waals surface area contributed by atoms with E-state index in [4.69, 9.17) is 0 Å². The van der Waals surface area contributed by atoms with Crippen molar-refractivity contribution in [1.82, 2.24) is 0 Å². The molecule has 0 aliphatic carbocycles. The van der Waals surface area contributed by atoms with Crippen LogP contribution in [0.2, 0.25) is 0 Å². The van der Waals surface area contributed by atoms with E-state index in [1.807, 2.05) is 0 Å². The monoisotopic (exact) mass is 316 g/mol. The van der Waals surface area contributed by atoms with Gasteiger partial charge in [-0.1, -0.05) is 98.9 Å². The van der Waals surface area contributed by atoms with Crippen LogP contribution in [0.4, 0.5) is 0 Å². The van der Waals surface area contributed by atoms with Crippen molar-refractivity contribution in [3.63, 3.8) is 0 Å². The molecular weight excluding hydrogens is 295 g/mol. The topological polar surface area (TPSA) is 0 Å². The normalized spacial score (nSPS) is 23.7. The zero-order valence-electron chi connectivity index (χ0n) is 13.2. The molecule has 0 aromatic heterocycles. The summed E-state index contributed by atoms with van der Waals surface area (Å²) in [6, 6.07) is 33.4. The lowest BCUT2D eigenvalue weighted by atomic mass is 10.0. The van der Waals surface area contributed by atoms with Crippen LogP contribution in [0.25, 0.3) is 0 Å². The number of hydrogen-bond acceptors (Lipinski definition) is 0. The molecule has 3 aromatic carbocycles. The van der Waals surface area contributed by atoms with E-state index in [1.54, 1.807) is 5.30 Å². The first-order valence-corrected chi connectivity index (χ1v) is 9.85. The second-order valence-corrected chi connectivity index (χ2v) is 8.75. The van der Waals surface area contributed by atoms with Crippen molar-refractivity contribution in [3.05, 3.63) is 102 Å². The first kappa shape index (κ1) is 14.7. The third kappa shape index (κ3) is 2.96. The van der Waals surface area contributed by atoms with Gasteiger partial charge in [0.15, 0.2) is 0 Å². The van der Waals surface area contributed by atoms with Gasteiger partial charge in [-0.3, -0.25) is 0 Å². The predicted molar refractivity (Wildman–Crippen MR) is 101 cm³/mol. The maximum atomic E-state index is 2.34. The fraction of sp³-hybridized carbons (Fsp3) is 0.182. The number of benzene rings is 3. The highest BCUT2D eigenvalue weighted by molar-refractivity contribution is 7.66. The second-order valence-electron chi connectivity index (χ2n) is 6.17. The Balaban J connectivity index is 1.77. The molecule has 1 fully saturated rings. The Morgan fingerprint density at radius 2 is 0.913 bits per heavy atom. The molecule has 114 valence electrons. The molecular formula is C22H21P. The van der Waals surface area contributed by atoms with Crippen molar-refractivity contribution in [3.8, 4) is 0 Å². The van der Waals surface area contributed by atoms with Crippen LogP contribution in [0.5, 0.6) is 0 Å². The van der Waals surface area contributed by atoms with E-state index in [1.165, 1.54) is 24.0 Å². The van der Waals surface area contributed by atoms with Gasteiger partial charge in [-0.15, -0.1) is 0 Å². The Bertz CT molecular complexity index is 689. The molecule has 0 radical (unpaired) electrons. The Kier molecular flexibility index (Phi) is 4.26. The van der Waals surface area contributed by atoms with Gasteiger partial charge in [0.25, 0.3) is 0 Å². The van der Waals surface area contributed by atoms with Gasteiger partial charge < -0.3 is 0 Å². The third-order valence-electron chi connectivity index (χ3n) is 4.81. The molecule has 1 aliphatic rings. The molecule has 0 saturated carbocycles. The summed E-state index contributed by atoms with van der Waals surface area (Å²) in [4.78, 5) is 0. The largest absolute Gasteiger partial charge is 0.0622 e. The van der Waals surface area contributed by atoms with E-state index in [0.717, 1.165) is 0 Å². The quantitative estimate of drug-likeness (QED) is 0.514. The highest BCUT2D eigenvalue weighted by Gasteiger charge is 2.38. The molecule has 1 heteroatoms. The summed E-state index contributed by atoms with van der Waals surface area (Å²) >= 11 is 0. The van der Waals surface area contributed by atoms with Gasteiger partial charge in [-0.05, 0) is 29.3 Å². The smallest absolute Gasteiger partial charge is 0.00877 e. The Morgan fingerprint density at radius 1 is 0.522 bits per heavy atom. The molecule has 2 unspecified atom stereocenters. The van der Waals surface area contributed by atoms with Crippen molar-refractivity contribution in [2.45, 2.75) is 24.2 Å². The van der Waals surface area contributed by atoms with Crippen molar-refractivity contribution >= 4 is 13.2 Å². The SMILES string of the molecule is c1ccc(C2CC[C@H](c3ccccc3)P2c2ccccc2)cc1. The van der Waals surface area contributed by atoms with Crippen LogP contribution in [0.15, 0.2) is 91.0 Å². The van der Waals surface area contributed by atoms with Crippen molar-refractivity contribution in [2.75, 3.05) is 0 Å². The molecule has 0 amide bonds. The van der Waals surface area contributed by atoms with Gasteiger partial charge in [-0.25, -0.2) is 0 Å². The number of rotatable bonds is 3. The van der Waals surface area contributed by atoms with E-state index in [9.17, 15) is 0 Å². The molecule has 1 aliphatic heterocycles. The maximum absolute atomic E-state index is 2.34. The van der Waals surface area contributed by atoms with E-state index < -0.39 is 0 Å². The average molecular weight is 316 g/mol. The van der Waals surface area contributed by atoms with Crippen LogP contribution < -0.4 is 5.30 Å². The zero-order valence-corrected chi connectivity index (χ0v) is 14.1. The summed E-state index contributed by atoms with van der Waals surface area (Å²) in [5.74, 6) is 0. The summed E-state index contributed by atoms with van der Waals surface area (Å²) < 4.78 is 0. The minimum Gasteiger partial charge on any atom is -0.0622 e.